The van der Waals surface area contributed by atoms with E-state index in [0.717, 1.165) is 22.4 Å². The van der Waals surface area contributed by atoms with E-state index in [1.807, 2.05) is 44.2 Å². The molecule has 0 amide bonds. The van der Waals surface area contributed by atoms with E-state index in [0.29, 0.717) is 17.1 Å². The molecule has 1 N–H and O–H groups in total. The van der Waals surface area contributed by atoms with E-state index < -0.39 is 10.0 Å². The molecule has 0 radical (unpaired) electrons. The summed E-state index contributed by atoms with van der Waals surface area (Å²) in [6.45, 7) is 5.90. The van der Waals surface area contributed by atoms with Crippen molar-refractivity contribution < 1.29 is 17.9 Å². The molecule has 0 aliphatic carbocycles. The summed E-state index contributed by atoms with van der Waals surface area (Å²) in [4.78, 5) is 0.286. The molecule has 3 aromatic rings. The number of aromatic nitrogens is 2. The van der Waals surface area contributed by atoms with Gasteiger partial charge in [-0.3, -0.25) is 0 Å². The van der Waals surface area contributed by atoms with Crippen molar-refractivity contribution in [2.24, 2.45) is 0 Å². The molecule has 1 aromatic heterocycles. The molecule has 0 atom stereocenters. The Morgan fingerprint density at radius 1 is 0.900 bits per heavy atom. The number of rotatable bonds is 8. The van der Waals surface area contributed by atoms with Gasteiger partial charge in [0.2, 0.25) is 15.9 Å². The quantitative estimate of drug-likeness (QED) is 0.554. The molecule has 1 heterocycles. The van der Waals surface area contributed by atoms with E-state index in [1.165, 1.54) is 0 Å². The van der Waals surface area contributed by atoms with E-state index in [-0.39, 0.29) is 18.0 Å². The minimum absolute atomic E-state index is 0.122. The van der Waals surface area contributed by atoms with Gasteiger partial charge in [-0.2, -0.15) is 0 Å². The summed E-state index contributed by atoms with van der Waals surface area (Å²) in [5, 5.41) is 8.20. The smallest absolute Gasteiger partial charge is 0.240 e. The Morgan fingerprint density at radius 3 is 2.23 bits per heavy atom. The highest BCUT2D eigenvalue weighted by atomic mass is 32.2. The lowest BCUT2D eigenvalue weighted by atomic mass is 10.1. The number of benzene rings is 2. The van der Waals surface area contributed by atoms with Crippen molar-refractivity contribution >= 4 is 10.0 Å². The van der Waals surface area contributed by atoms with Gasteiger partial charge in [0.1, 0.15) is 12.4 Å². The summed E-state index contributed by atoms with van der Waals surface area (Å²) in [6.07, 6.45) is 0. The lowest BCUT2D eigenvalue weighted by molar-refractivity contribution is 0.307. The predicted octanol–water partition coefficient (Wildman–Crippen LogP) is 3.43. The van der Waals surface area contributed by atoms with E-state index in [9.17, 15) is 8.42 Å². The van der Waals surface area contributed by atoms with Crippen LogP contribution in [-0.2, 0) is 10.0 Å². The highest BCUT2D eigenvalue weighted by Gasteiger charge is 2.17. The monoisotopic (exact) mass is 427 g/mol. The molecule has 0 unspecified atom stereocenters. The van der Waals surface area contributed by atoms with Crippen LogP contribution in [0.2, 0.25) is 0 Å². The lowest BCUT2D eigenvalue weighted by Gasteiger charge is -2.12. The van der Waals surface area contributed by atoms with Crippen molar-refractivity contribution in [2.75, 3.05) is 20.3 Å². The summed E-state index contributed by atoms with van der Waals surface area (Å²) >= 11 is 0. The van der Waals surface area contributed by atoms with Gasteiger partial charge in [-0.05, 0) is 73.9 Å². The normalized spacial score (nSPS) is 11.3. The van der Waals surface area contributed by atoms with Crippen LogP contribution in [0.5, 0.6) is 11.6 Å². The number of nitrogens with one attached hydrogen (secondary N) is 1. The van der Waals surface area contributed by atoms with E-state index in [4.69, 9.17) is 9.47 Å². The van der Waals surface area contributed by atoms with Crippen molar-refractivity contribution in [1.82, 2.24) is 14.9 Å². The SMILES string of the molecule is COc1ccc(-c2ccc(OCCNS(=O)(=O)c3cc(C)c(C)cc3C)nn2)cc1. The zero-order valence-corrected chi connectivity index (χ0v) is 18.3. The van der Waals surface area contributed by atoms with Crippen LogP contribution in [0.15, 0.2) is 53.4 Å². The van der Waals surface area contributed by atoms with Crippen molar-refractivity contribution in [3.8, 4) is 22.9 Å². The molecule has 0 bridgehead atoms. The van der Waals surface area contributed by atoms with Crippen LogP contribution in [0.3, 0.4) is 0 Å². The fourth-order valence-corrected chi connectivity index (χ4v) is 4.27. The second kappa shape index (κ2) is 9.23. The van der Waals surface area contributed by atoms with Crippen LogP contribution >= 0.6 is 0 Å². The zero-order valence-electron chi connectivity index (χ0n) is 17.5. The summed E-state index contributed by atoms with van der Waals surface area (Å²) in [7, 11) is -1.99. The molecule has 0 aliphatic heterocycles. The zero-order chi connectivity index (χ0) is 21.7. The largest absolute Gasteiger partial charge is 0.497 e. The van der Waals surface area contributed by atoms with Crippen LogP contribution in [0.25, 0.3) is 11.3 Å². The lowest BCUT2D eigenvalue weighted by Crippen LogP contribution is -2.29. The molecule has 3 rings (SSSR count). The summed E-state index contributed by atoms with van der Waals surface area (Å²) in [5.41, 5.74) is 4.32. The molecule has 30 heavy (non-hydrogen) atoms. The molecule has 0 fully saturated rings. The Bertz CT molecular complexity index is 1110. The number of hydrogen-bond acceptors (Lipinski definition) is 6. The van der Waals surface area contributed by atoms with Crippen molar-refractivity contribution in [3.63, 3.8) is 0 Å². The molecule has 0 saturated heterocycles. The van der Waals surface area contributed by atoms with Crippen molar-refractivity contribution in [2.45, 2.75) is 25.7 Å². The van der Waals surface area contributed by atoms with Crippen molar-refractivity contribution in [1.29, 1.82) is 0 Å². The van der Waals surface area contributed by atoms with Gasteiger partial charge >= 0.3 is 0 Å². The van der Waals surface area contributed by atoms with Gasteiger partial charge in [-0.25, -0.2) is 13.1 Å². The Labute approximate surface area is 177 Å². The maximum absolute atomic E-state index is 12.6. The Balaban J connectivity index is 1.55. The number of methoxy groups -OCH3 is 1. The highest BCUT2D eigenvalue weighted by Crippen LogP contribution is 2.21. The molecule has 158 valence electrons. The third kappa shape index (κ3) is 5.14. The number of aryl methyl sites for hydroxylation is 3. The standard InChI is InChI=1S/C22H25N3O4S/c1-15-13-17(3)21(14-16(15)2)30(26,27)23-11-12-29-22-10-9-20(24-25-22)18-5-7-19(28-4)8-6-18/h5-10,13-14,23H,11-12H2,1-4H3. The molecule has 0 saturated carbocycles. The van der Waals surface area contributed by atoms with Gasteiger partial charge in [0, 0.05) is 18.2 Å². The fourth-order valence-electron chi connectivity index (χ4n) is 2.95. The molecule has 0 aliphatic rings. The van der Waals surface area contributed by atoms with Crippen LogP contribution < -0.4 is 14.2 Å². The van der Waals surface area contributed by atoms with E-state index in [1.54, 1.807) is 32.2 Å². The van der Waals surface area contributed by atoms with Gasteiger partial charge in [-0.1, -0.05) is 6.07 Å². The van der Waals surface area contributed by atoms with Crippen LogP contribution in [0, 0.1) is 20.8 Å². The van der Waals surface area contributed by atoms with Gasteiger partial charge in [0.05, 0.1) is 17.7 Å². The van der Waals surface area contributed by atoms with Gasteiger partial charge < -0.3 is 9.47 Å². The van der Waals surface area contributed by atoms with Gasteiger partial charge in [0.25, 0.3) is 0 Å². The highest BCUT2D eigenvalue weighted by molar-refractivity contribution is 7.89. The first-order valence-corrected chi connectivity index (χ1v) is 11.0. The van der Waals surface area contributed by atoms with Crippen LogP contribution in [0.4, 0.5) is 0 Å². The van der Waals surface area contributed by atoms with Gasteiger partial charge in [-0.15, -0.1) is 10.2 Å². The maximum Gasteiger partial charge on any atom is 0.240 e. The first kappa shape index (κ1) is 21.7. The number of hydrogen-bond donors (Lipinski definition) is 1. The Hall–Kier alpha value is -2.97. The average molecular weight is 428 g/mol. The second-order valence-corrected chi connectivity index (χ2v) is 8.67. The molecular formula is C22H25N3O4S. The molecule has 0 spiro atoms. The average Bonchev–Trinajstić information content (AvgIpc) is 2.74. The molecular weight excluding hydrogens is 402 g/mol. The third-order valence-electron chi connectivity index (χ3n) is 4.75. The predicted molar refractivity (Wildman–Crippen MR) is 115 cm³/mol. The van der Waals surface area contributed by atoms with E-state index in [2.05, 4.69) is 14.9 Å². The topological polar surface area (TPSA) is 90.4 Å². The minimum atomic E-state index is -3.61. The molecule has 8 heteroatoms. The van der Waals surface area contributed by atoms with E-state index >= 15 is 0 Å². The first-order chi connectivity index (χ1) is 14.3. The minimum Gasteiger partial charge on any atom is -0.497 e. The number of ether oxygens (including phenoxy) is 2. The van der Waals surface area contributed by atoms with Crippen LogP contribution in [0.1, 0.15) is 16.7 Å². The van der Waals surface area contributed by atoms with Crippen molar-refractivity contribution in [3.05, 3.63) is 65.2 Å². The molecule has 2 aromatic carbocycles. The number of sulfonamides is 1. The fraction of sp³-hybridized carbons (Fsp3) is 0.273. The van der Waals surface area contributed by atoms with Crippen LogP contribution in [-0.4, -0.2) is 38.9 Å². The summed E-state index contributed by atoms with van der Waals surface area (Å²) in [6, 6.07) is 14.6. The Morgan fingerprint density at radius 2 is 1.60 bits per heavy atom. The summed E-state index contributed by atoms with van der Waals surface area (Å²) in [5.74, 6) is 1.10. The van der Waals surface area contributed by atoms with Gasteiger partial charge in [0.15, 0.2) is 0 Å². The maximum atomic E-state index is 12.6. The third-order valence-corrected chi connectivity index (χ3v) is 6.35. The summed E-state index contributed by atoms with van der Waals surface area (Å²) < 4.78 is 38.4. The number of nitrogens with zero attached hydrogens (tertiary/aromatic N) is 2. The Kier molecular flexibility index (Phi) is 6.69. The molecule has 7 nitrogen and oxygen atoms in total. The second-order valence-electron chi connectivity index (χ2n) is 6.93. The first-order valence-electron chi connectivity index (χ1n) is 9.48.